The molecule has 1 saturated carbocycles. The number of thiophene rings is 1. The smallest absolute Gasteiger partial charge is 0.341 e. The van der Waals surface area contributed by atoms with E-state index in [1.807, 2.05) is 47.9 Å². The molecular weight excluding hydrogens is 456 g/mol. The van der Waals surface area contributed by atoms with Crippen LogP contribution in [0.15, 0.2) is 48.1 Å². The van der Waals surface area contributed by atoms with E-state index in [9.17, 15) is 9.59 Å². The molecule has 0 aliphatic heterocycles. The number of rotatable bonds is 10. The van der Waals surface area contributed by atoms with Gasteiger partial charge in [0.2, 0.25) is 5.91 Å². The van der Waals surface area contributed by atoms with E-state index in [2.05, 4.69) is 22.1 Å². The Bertz CT molecular complexity index is 1170. The number of thioether (sulfide) groups is 1. The highest BCUT2D eigenvalue weighted by Crippen LogP contribution is 2.41. The number of carbonyl (C=O) groups is 2. The molecule has 0 spiro atoms. The average molecular weight is 483 g/mol. The maximum Gasteiger partial charge on any atom is 0.341 e. The number of allylic oxidation sites excluding steroid dienone is 1. The number of benzene rings is 1. The van der Waals surface area contributed by atoms with E-state index in [-0.39, 0.29) is 18.3 Å². The van der Waals surface area contributed by atoms with Gasteiger partial charge in [-0.3, -0.25) is 4.79 Å². The molecule has 33 heavy (non-hydrogen) atoms. The van der Waals surface area contributed by atoms with Crippen molar-refractivity contribution in [3.05, 3.63) is 59.9 Å². The van der Waals surface area contributed by atoms with Crippen molar-refractivity contribution in [2.45, 2.75) is 44.3 Å². The number of hydrogen-bond acceptors (Lipinski definition) is 7. The minimum atomic E-state index is -0.434. The van der Waals surface area contributed by atoms with Gasteiger partial charge in [-0.2, -0.15) is 0 Å². The van der Waals surface area contributed by atoms with E-state index in [1.54, 1.807) is 6.92 Å². The molecule has 1 aliphatic carbocycles. The molecule has 1 aromatic carbocycles. The third-order valence-corrected chi connectivity index (χ3v) is 7.47. The highest BCUT2D eigenvalue weighted by molar-refractivity contribution is 7.99. The Morgan fingerprint density at radius 1 is 1.30 bits per heavy atom. The van der Waals surface area contributed by atoms with Crippen LogP contribution in [0.5, 0.6) is 0 Å². The van der Waals surface area contributed by atoms with Crippen LogP contribution in [0.4, 0.5) is 5.00 Å². The fourth-order valence-corrected chi connectivity index (χ4v) is 5.53. The lowest BCUT2D eigenvalue weighted by Crippen LogP contribution is -2.17. The van der Waals surface area contributed by atoms with Crippen molar-refractivity contribution < 1.29 is 14.3 Å². The molecule has 1 aliphatic rings. The molecule has 0 unspecified atom stereocenters. The van der Waals surface area contributed by atoms with Crippen LogP contribution in [0, 0.1) is 6.92 Å². The Hall–Kier alpha value is -2.91. The molecule has 9 heteroatoms. The van der Waals surface area contributed by atoms with Gasteiger partial charge in [0.05, 0.1) is 17.9 Å². The molecule has 3 aromatic rings. The van der Waals surface area contributed by atoms with Crippen molar-refractivity contribution in [3.63, 3.8) is 0 Å². The second-order valence-corrected chi connectivity index (χ2v) is 9.66. The fourth-order valence-electron chi connectivity index (χ4n) is 3.56. The van der Waals surface area contributed by atoms with Crippen LogP contribution < -0.4 is 5.32 Å². The van der Waals surface area contributed by atoms with Gasteiger partial charge < -0.3 is 14.6 Å². The summed E-state index contributed by atoms with van der Waals surface area (Å²) in [5.41, 5.74) is 2.20. The predicted octanol–water partition coefficient (Wildman–Crippen LogP) is 5.29. The van der Waals surface area contributed by atoms with E-state index >= 15 is 0 Å². The molecule has 4 rings (SSSR count). The van der Waals surface area contributed by atoms with E-state index in [0.29, 0.717) is 28.2 Å². The van der Waals surface area contributed by atoms with Gasteiger partial charge in [0.25, 0.3) is 0 Å². The van der Waals surface area contributed by atoms with E-state index in [1.165, 1.54) is 23.1 Å². The number of nitrogens with one attached hydrogen (secondary N) is 1. The van der Waals surface area contributed by atoms with E-state index < -0.39 is 5.97 Å². The van der Waals surface area contributed by atoms with Crippen LogP contribution in [0.2, 0.25) is 0 Å². The normalized spacial score (nSPS) is 13.0. The van der Waals surface area contributed by atoms with Crippen LogP contribution in [0.1, 0.15) is 47.4 Å². The lowest BCUT2D eigenvalue weighted by molar-refractivity contribution is -0.113. The Labute approximate surface area is 201 Å². The largest absolute Gasteiger partial charge is 0.462 e. The summed E-state index contributed by atoms with van der Waals surface area (Å²) in [5.74, 6) is 0.922. The maximum absolute atomic E-state index is 12.8. The Morgan fingerprint density at radius 2 is 2.06 bits per heavy atom. The third kappa shape index (κ3) is 5.20. The zero-order valence-electron chi connectivity index (χ0n) is 18.7. The van der Waals surface area contributed by atoms with Crippen molar-refractivity contribution >= 4 is 40.0 Å². The lowest BCUT2D eigenvalue weighted by atomic mass is 10.1. The molecule has 1 amide bonds. The first-order chi connectivity index (χ1) is 16.0. The summed E-state index contributed by atoms with van der Waals surface area (Å²) in [6, 6.07) is 9.81. The summed E-state index contributed by atoms with van der Waals surface area (Å²) in [6.07, 6.45) is 4.06. The molecule has 1 N–H and O–H groups in total. The van der Waals surface area contributed by atoms with Gasteiger partial charge in [0.1, 0.15) is 10.8 Å². The van der Waals surface area contributed by atoms with Gasteiger partial charge in [0.15, 0.2) is 5.16 Å². The van der Waals surface area contributed by atoms with Gasteiger partial charge >= 0.3 is 5.97 Å². The highest BCUT2D eigenvalue weighted by atomic mass is 32.2. The van der Waals surface area contributed by atoms with Gasteiger partial charge in [-0.15, -0.1) is 28.1 Å². The molecule has 2 heterocycles. The highest BCUT2D eigenvalue weighted by Gasteiger charge is 2.30. The molecule has 2 aromatic heterocycles. The molecular formula is C24H26N4O3S2. The first kappa shape index (κ1) is 23.3. The summed E-state index contributed by atoms with van der Waals surface area (Å²) >= 11 is 2.71. The number of esters is 1. The summed E-state index contributed by atoms with van der Waals surface area (Å²) in [5, 5.41) is 12.7. The van der Waals surface area contributed by atoms with E-state index in [0.717, 1.165) is 34.7 Å². The maximum atomic E-state index is 12.8. The molecule has 0 radical (unpaired) electrons. The van der Waals surface area contributed by atoms with Crippen molar-refractivity contribution in [3.8, 4) is 10.4 Å². The van der Waals surface area contributed by atoms with E-state index in [4.69, 9.17) is 4.74 Å². The summed E-state index contributed by atoms with van der Waals surface area (Å²) in [6.45, 7) is 8.34. The van der Waals surface area contributed by atoms with Crippen LogP contribution >= 0.6 is 23.1 Å². The van der Waals surface area contributed by atoms with Crippen molar-refractivity contribution in [2.75, 3.05) is 17.7 Å². The monoisotopic (exact) mass is 482 g/mol. The Kier molecular flexibility index (Phi) is 7.29. The average Bonchev–Trinajstić information content (AvgIpc) is 3.50. The lowest BCUT2D eigenvalue weighted by Gasteiger charge is -2.08. The number of ether oxygens (including phenoxy) is 1. The molecule has 0 atom stereocenters. The number of aromatic nitrogens is 3. The summed E-state index contributed by atoms with van der Waals surface area (Å²) in [4.78, 5) is 26.5. The third-order valence-electron chi connectivity index (χ3n) is 5.25. The number of hydrogen-bond donors (Lipinski definition) is 1. The topological polar surface area (TPSA) is 86.1 Å². The second kappa shape index (κ2) is 10.4. The molecule has 0 bridgehead atoms. The number of anilines is 1. The fraction of sp³-hybridized carbons (Fsp3) is 0.333. The predicted molar refractivity (Wildman–Crippen MR) is 132 cm³/mol. The first-order valence-corrected chi connectivity index (χ1v) is 12.7. The Balaban J connectivity index is 1.53. The number of amides is 1. The molecule has 172 valence electrons. The quantitative estimate of drug-likeness (QED) is 0.240. The SMILES string of the molecule is C=CCn1c(SCC(=O)Nc2sc(-c3ccccc3)c(C)c2C(=O)OCC)nnc1C1CC1. The van der Waals surface area contributed by atoms with Crippen LogP contribution in [-0.4, -0.2) is 39.0 Å². The second-order valence-electron chi connectivity index (χ2n) is 7.70. The standard InChI is InChI=1S/C24H26N4O3S2/c1-4-13-28-21(17-11-12-17)26-27-24(28)32-14-18(29)25-22-19(23(30)31-5-2)15(3)20(33-22)16-9-7-6-8-10-16/h4,6-10,17H,1,5,11-14H2,2-3H3,(H,25,29). The van der Waals surface area contributed by atoms with Crippen molar-refractivity contribution in [1.82, 2.24) is 14.8 Å². The van der Waals surface area contributed by atoms with Crippen LogP contribution in [0.3, 0.4) is 0 Å². The van der Waals surface area contributed by atoms with Crippen molar-refractivity contribution in [1.29, 1.82) is 0 Å². The van der Waals surface area contributed by atoms with Crippen molar-refractivity contribution in [2.24, 2.45) is 0 Å². The first-order valence-electron chi connectivity index (χ1n) is 10.9. The van der Waals surface area contributed by atoms with Crippen LogP contribution in [0.25, 0.3) is 10.4 Å². The summed E-state index contributed by atoms with van der Waals surface area (Å²) < 4.78 is 7.29. The van der Waals surface area contributed by atoms with Gasteiger partial charge in [-0.05, 0) is 37.8 Å². The van der Waals surface area contributed by atoms with Gasteiger partial charge in [-0.1, -0.05) is 48.2 Å². The molecule has 0 saturated heterocycles. The molecule has 7 nitrogen and oxygen atoms in total. The Morgan fingerprint density at radius 3 is 2.73 bits per heavy atom. The molecule has 1 fully saturated rings. The number of carbonyl (C=O) groups excluding carboxylic acids is 2. The van der Waals surface area contributed by atoms with Gasteiger partial charge in [0, 0.05) is 17.3 Å². The minimum Gasteiger partial charge on any atom is -0.462 e. The number of nitrogens with zero attached hydrogens (tertiary/aromatic N) is 3. The van der Waals surface area contributed by atoms with Gasteiger partial charge in [-0.25, -0.2) is 4.79 Å². The van der Waals surface area contributed by atoms with Crippen LogP contribution in [-0.2, 0) is 16.1 Å². The zero-order chi connectivity index (χ0) is 23.4. The zero-order valence-corrected chi connectivity index (χ0v) is 20.3. The minimum absolute atomic E-state index is 0.153. The summed E-state index contributed by atoms with van der Waals surface area (Å²) in [7, 11) is 0.